The second kappa shape index (κ2) is 7.44. The van der Waals surface area contributed by atoms with E-state index >= 15 is 0 Å². The Morgan fingerprint density at radius 1 is 1.25 bits per heavy atom. The van der Waals surface area contributed by atoms with E-state index in [0.29, 0.717) is 6.42 Å². The first-order valence-electron chi connectivity index (χ1n) is 9.15. The highest BCUT2D eigenvalue weighted by atomic mass is 19.4. The fourth-order valence-corrected chi connectivity index (χ4v) is 3.67. The number of nitrogens with zero attached hydrogens (tertiary/aromatic N) is 1. The van der Waals surface area contributed by atoms with Gasteiger partial charge in [0.1, 0.15) is 12.1 Å². The van der Waals surface area contributed by atoms with Gasteiger partial charge in [0.25, 0.3) is 5.91 Å². The maximum absolute atomic E-state index is 12.6. The zero-order valence-corrected chi connectivity index (χ0v) is 15.5. The third-order valence-electron chi connectivity index (χ3n) is 5.02. The number of halogens is 3. The van der Waals surface area contributed by atoms with E-state index in [1.807, 2.05) is 13.8 Å². The van der Waals surface area contributed by atoms with Gasteiger partial charge in [-0.15, -0.1) is 0 Å². The number of hydrogen-bond acceptors (Lipinski definition) is 3. The molecule has 0 unspecified atom stereocenters. The smallest absolute Gasteiger partial charge is 0.347 e. The molecule has 0 saturated carbocycles. The molecule has 2 heterocycles. The fourth-order valence-electron chi connectivity index (χ4n) is 3.67. The summed E-state index contributed by atoms with van der Waals surface area (Å²) in [7, 11) is 0. The summed E-state index contributed by atoms with van der Waals surface area (Å²) < 4.78 is 37.9. The van der Waals surface area contributed by atoms with E-state index in [-0.39, 0.29) is 36.3 Å². The second-order valence-electron chi connectivity index (χ2n) is 7.68. The molecule has 0 radical (unpaired) electrons. The predicted molar refractivity (Wildman–Crippen MR) is 94.2 cm³/mol. The average molecular weight is 397 g/mol. The quantitative estimate of drug-likeness (QED) is 0.815. The molecule has 2 N–H and O–H groups in total. The molecule has 152 valence electrons. The minimum Gasteiger partial charge on any atom is -0.347 e. The van der Waals surface area contributed by atoms with Crippen LogP contribution in [0.4, 0.5) is 13.2 Å². The highest BCUT2D eigenvalue weighted by Gasteiger charge is 2.46. The zero-order valence-electron chi connectivity index (χ0n) is 15.5. The normalized spacial score (nSPS) is 24.9. The van der Waals surface area contributed by atoms with Crippen molar-refractivity contribution >= 4 is 17.7 Å². The fraction of sp³-hybridized carbons (Fsp3) is 0.526. The Hall–Kier alpha value is -2.58. The van der Waals surface area contributed by atoms with Gasteiger partial charge in [-0.25, -0.2) is 0 Å². The van der Waals surface area contributed by atoms with E-state index in [9.17, 15) is 27.6 Å². The Labute approximate surface area is 160 Å². The van der Waals surface area contributed by atoms with Gasteiger partial charge in [0, 0.05) is 18.2 Å². The lowest BCUT2D eigenvalue weighted by atomic mass is 9.99. The van der Waals surface area contributed by atoms with E-state index in [0.717, 1.165) is 24.3 Å². The van der Waals surface area contributed by atoms with Crippen molar-refractivity contribution in [3.8, 4) is 0 Å². The Morgan fingerprint density at radius 3 is 2.46 bits per heavy atom. The van der Waals surface area contributed by atoms with Crippen molar-refractivity contribution in [3.05, 3.63) is 35.4 Å². The summed E-state index contributed by atoms with van der Waals surface area (Å²) in [6, 6.07) is 2.28. The number of alkyl halides is 3. The lowest BCUT2D eigenvalue weighted by Gasteiger charge is -2.35. The van der Waals surface area contributed by atoms with E-state index in [4.69, 9.17) is 0 Å². The molecule has 2 fully saturated rings. The number of amides is 3. The first kappa shape index (κ1) is 20.2. The molecule has 1 aromatic carbocycles. The summed E-state index contributed by atoms with van der Waals surface area (Å²) in [6.07, 6.45) is -3.65. The maximum atomic E-state index is 12.6. The molecule has 0 aromatic heterocycles. The van der Waals surface area contributed by atoms with Crippen molar-refractivity contribution < 1.29 is 27.6 Å². The van der Waals surface area contributed by atoms with Gasteiger partial charge in [-0.1, -0.05) is 13.8 Å². The average Bonchev–Trinajstić information content (AvgIpc) is 3.03. The topological polar surface area (TPSA) is 78.5 Å². The standard InChI is InChI=1S/C19H22F3N3O3/c1-10(2)7-14-18(28)25-9-13(8-15(25)17(27)24-14)23-16(26)11-3-5-12(6-4-11)19(20,21)22/h3-6,10,13-15H,7-9H2,1-2H3,(H,23,26)(H,24,27)/t13-,14-,15-/m0/s1. The number of hydrogen-bond donors (Lipinski definition) is 2. The van der Waals surface area contributed by atoms with Crippen LogP contribution in [0.3, 0.4) is 0 Å². The number of fused-ring (bicyclic) bond motifs is 1. The number of piperazine rings is 1. The van der Waals surface area contributed by atoms with Crippen molar-refractivity contribution in [1.29, 1.82) is 0 Å². The van der Waals surface area contributed by atoms with E-state index in [2.05, 4.69) is 10.6 Å². The molecule has 3 rings (SSSR count). The van der Waals surface area contributed by atoms with Gasteiger partial charge < -0.3 is 15.5 Å². The Bertz CT molecular complexity index is 777. The van der Waals surface area contributed by atoms with Crippen molar-refractivity contribution in [2.75, 3.05) is 6.54 Å². The number of rotatable bonds is 4. The molecule has 3 atom stereocenters. The third-order valence-corrected chi connectivity index (χ3v) is 5.02. The molecule has 0 spiro atoms. The van der Waals surface area contributed by atoms with Gasteiger partial charge in [0.2, 0.25) is 11.8 Å². The van der Waals surface area contributed by atoms with Crippen LogP contribution in [-0.4, -0.2) is 47.3 Å². The second-order valence-corrected chi connectivity index (χ2v) is 7.68. The van der Waals surface area contributed by atoms with Crippen molar-refractivity contribution in [3.63, 3.8) is 0 Å². The molecule has 3 amide bonds. The zero-order chi connectivity index (χ0) is 20.6. The van der Waals surface area contributed by atoms with Gasteiger partial charge >= 0.3 is 6.18 Å². The molecule has 2 saturated heterocycles. The highest BCUT2D eigenvalue weighted by Crippen LogP contribution is 2.29. The van der Waals surface area contributed by atoms with E-state index in [1.165, 1.54) is 4.90 Å². The summed E-state index contributed by atoms with van der Waals surface area (Å²) in [6.45, 7) is 4.13. The number of carbonyl (C=O) groups is 3. The number of benzene rings is 1. The lowest BCUT2D eigenvalue weighted by molar-refractivity contribution is -0.147. The van der Waals surface area contributed by atoms with Crippen LogP contribution < -0.4 is 10.6 Å². The van der Waals surface area contributed by atoms with Crippen LogP contribution in [0.2, 0.25) is 0 Å². The van der Waals surface area contributed by atoms with Gasteiger partial charge in [-0.05, 0) is 43.0 Å². The van der Waals surface area contributed by atoms with Crippen molar-refractivity contribution in [2.45, 2.75) is 51.0 Å². The molecule has 0 aliphatic carbocycles. The van der Waals surface area contributed by atoms with Gasteiger partial charge in [-0.3, -0.25) is 14.4 Å². The molecule has 9 heteroatoms. The Kier molecular flexibility index (Phi) is 5.36. The summed E-state index contributed by atoms with van der Waals surface area (Å²) in [5.74, 6) is -0.699. The molecule has 28 heavy (non-hydrogen) atoms. The van der Waals surface area contributed by atoms with Crippen LogP contribution in [0, 0.1) is 5.92 Å². The third kappa shape index (κ3) is 4.13. The van der Waals surface area contributed by atoms with Crippen molar-refractivity contribution in [2.24, 2.45) is 5.92 Å². The van der Waals surface area contributed by atoms with Gasteiger partial charge in [-0.2, -0.15) is 13.2 Å². The largest absolute Gasteiger partial charge is 0.416 e. The summed E-state index contributed by atoms with van der Waals surface area (Å²) in [5.41, 5.74) is -0.744. The molecule has 0 bridgehead atoms. The van der Waals surface area contributed by atoms with Crippen LogP contribution in [0.1, 0.15) is 42.6 Å². The monoisotopic (exact) mass is 397 g/mol. The first-order valence-corrected chi connectivity index (χ1v) is 9.15. The Morgan fingerprint density at radius 2 is 1.89 bits per heavy atom. The van der Waals surface area contributed by atoms with Crippen molar-refractivity contribution in [1.82, 2.24) is 15.5 Å². The minimum absolute atomic E-state index is 0.0892. The highest BCUT2D eigenvalue weighted by molar-refractivity contribution is 5.98. The minimum atomic E-state index is -4.47. The molecular weight excluding hydrogens is 375 g/mol. The number of carbonyl (C=O) groups excluding carboxylic acids is 3. The Balaban J connectivity index is 1.64. The molecule has 2 aliphatic rings. The molecule has 1 aromatic rings. The lowest BCUT2D eigenvalue weighted by Crippen LogP contribution is -2.61. The van der Waals surface area contributed by atoms with Gasteiger partial charge in [0.05, 0.1) is 5.56 Å². The van der Waals surface area contributed by atoms with Crippen LogP contribution in [0.15, 0.2) is 24.3 Å². The summed E-state index contributed by atoms with van der Waals surface area (Å²) in [4.78, 5) is 38.8. The van der Waals surface area contributed by atoms with Gasteiger partial charge in [0.15, 0.2) is 0 Å². The SMILES string of the molecule is CC(C)C[C@@H]1NC(=O)[C@@H]2C[C@H](NC(=O)c3ccc(C(F)(F)F)cc3)CN2C1=O. The molecule has 6 nitrogen and oxygen atoms in total. The van der Waals surface area contributed by atoms with Crippen LogP contribution in [-0.2, 0) is 15.8 Å². The van der Waals surface area contributed by atoms with Crippen LogP contribution in [0.25, 0.3) is 0 Å². The predicted octanol–water partition coefficient (Wildman–Crippen LogP) is 1.95. The first-order chi connectivity index (χ1) is 13.1. The maximum Gasteiger partial charge on any atom is 0.416 e. The van der Waals surface area contributed by atoms with Crippen LogP contribution in [0.5, 0.6) is 0 Å². The summed E-state index contributed by atoms with van der Waals surface area (Å²) in [5, 5.41) is 5.46. The van der Waals surface area contributed by atoms with E-state index in [1.54, 1.807) is 0 Å². The van der Waals surface area contributed by atoms with Crippen LogP contribution >= 0.6 is 0 Å². The summed E-state index contributed by atoms with van der Waals surface area (Å²) >= 11 is 0. The van der Waals surface area contributed by atoms with E-state index < -0.39 is 35.8 Å². The molecular formula is C19H22F3N3O3. The molecule has 2 aliphatic heterocycles. The number of nitrogens with one attached hydrogen (secondary N) is 2.